The molecule has 0 aliphatic heterocycles. The molecule has 144 valence electrons. The fourth-order valence-corrected chi connectivity index (χ4v) is 3.29. The molecule has 5 nitrogen and oxygen atoms in total. The van der Waals surface area contributed by atoms with Gasteiger partial charge in [0.25, 0.3) is 5.91 Å². The van der Waals surface area contributed by atoms with Gasteiger partial charge in [0.2, 0.25) is 0 Å². The molecule has 0 aliphatic rings. The summed E-state index contributed by atoms with van der Waals surface area (Å²) in [5, 5.41) is 4.07. The number of hydrazone groups is 1. The number of carbonyl (C=O) groups is 1. The van der Waals surface area contributed by atoms with Gasteiger partial charge in [0.05, 0.1) is 12.8 Å². The molecule has 28 heavy (non-hydrogen) atoms. The second-order valence-electron chi connectivity index (χ2n) is 6.31. The minimum absolute atomic E-state index is 0.263. The van der Waals surface area contributed by atoms with Gasteiger partial charge in [-0.3, -0.25) is 4.79 Å². The van der Waals surface area contributed by atoms with E-state index in [2.05, 4.69) is 57.0 Å². The van der Waals surface area contributed by atoms with Crippen LogP contribution in [0.1, 0.15) is 34.2 Å². The number of ether oxygens (including phenoxy) is 1. The smallest absolute Gasteiger partial charge is 0.271 e. The number of carbonyl (C=O) groups excluding carboxylic acids is 1. The Hall–Kier alpha value is -2.86. The predicted octanol–water partition coefficient (Wildman–Crippen LogP) is 5.02. The highest BCUT2D eigenvalue weighted by atomic mass is 79.9. The zero-order valence-electron chi connectivity index (χ0n) is 16.1. The molecule has 0 radical (unpaired) electrons. The Labute approximate surface area is 173 Å². The Kier molecular flexibility index (Phi) is 6.31. The molecular formula is C22H22BrN3O2. The van der Waals surface area contributed by atoms with Crippen LogP contribution < -0.4 is 10.2 Å². The van der Waals surface area contributed by atoms with Crippen LogP contribution in [-0.2, 0) is 0 Å². The van der Waals surface area contributed by atoms with Gasteiger partial charge < -0.3 is 9.30 Å². The first-order chi connectivity index (χ1) is 13.5. The largest absolute Gasteiger partial charge is 0.494 e. The van der Waals surface area contributed by atoms with Gasteiger partial charge in [0, 0.05) is 32.7 Å². The van der Waals surface area contributed by atoms with E-state index in [1.807, 2.05) is 37.3 Å². The van der Waals surface area contributed by atoms with Crippen LogP contribution in [0.3, 0.4) is 0 Å². The van der Waals surface area contributed by atoms with Crippen LogP contribution in [0.4, 0.5) is 0 Å². The molecule has 1 heterocycles. The lowest BCUT2D eigenvalue weighted by molar-refractivity contribution is 0.0955. The molecule has 6 heteroatoms. The van der Waals surface area contributed by atoms with E-state index in [0.717, 1.165) is 32.9 Å². The lowest BCUT2D eigenvalue weighted by Crippen LogP contribution is -2.17. The van der Waals surface area contributed by atoms with Crippen LogP contribution in [0.25, 0.3) is 5.69 Å². The van der Waals surface area contributed by atoms with Gasteiger partial charge in [-0.1, -0.05) is 15.9 Å². The lowest BCUT2D eigenvalue weighted by atomic mass is 10.2. The van der Waals surface area contributed by atoms with Crippen molar-refractivity contribution in [2.45, 2.75) is 20.8 Å². The van der Waals surface area contributed by atoms with E-state index < -0.39 is 0 Å². The van der Waals surface area contributed by atoms with E-state index in [0.29, 0.717) is 12.2 Å². The Morgan fingerprint density at radius 2 is 1.79 bits per heavy atom. The highest BCUT2D eigenvalue weighted by Crippen LogP contribution is 2.21. The zero-order valence-corrected chi connectivity index (χ0v) is 17.7. The standard InChI is InChI=1S/C22H22BrN3O2/c1-4-28-20-11-12-21(23)18(13-20)14-24-25-22(27)17-7-9-19(10-8-17)26-15(2)5-6-16(26)3/h5-14H,4H2,1-3H3,(H,25,27)/b24-14-. The van der Waals surface area contributed by atoms with E-state index in [1.54, 1.807) is 18.3 Å². The van der Waals surface area contributed by atoms with E-state index >= 15 is 0 Å². The third-order valence-electron chi connectivity index (χ3n) is 4.31. The normalized spacial score (nSPS) is 11.0. The fourth-order valence-electron chi connectivity index (χ4n) is 2.94. The second kappa shape index (κ2) is 8.89. The first kappa shape index (κ1) is 19.9. The van der Waals surface area contributed by atoms with Crippen LogP contribution in [-0.4, -0.2) is 23.3 Å². The molecule has 3 aromatic rings. The molecule has 3 rings (SSSR count). The molecule has 0 unspecified atom stereocenters. The molecular weight excluding hydrogens is 418 g/mol. The topological polar surface area (TPSA) is 55.6 Å². The van der Waals surface area contributed by atoms with Gasteiger partial charge in [0.1, 0.15) is 5.75 Å². The number of aryl methyl sites for hydroxylation is 2. The minimum Gasteiger partial charge on any atom is -0.494 e. The van der Waals surface area contributed by atoms with Crippen LogP contribution in [0.15, 0.2) is 64.2 Å². The van der Waals surface area contributed by atoms with Crippen molar-refractivity contribution in [3.63, 3.8) is 0 Å². The van der Waals surface area contributed by atoms with Crippen LogP contribution in [0.2, 0.25) is 0 Å². The van der Waals surface area contributed by atoms with Crippen LogP contribution in [0.5, 0.6) is 5.75 Å². The highest BCUT2D eigenvalue weighted by molar-refractivity contribution is 9.10. The minimum atomic E-state index is -0.263. The summed E-state index contributed by atoms with van der Waals surface area (Å²) in [5.41, 5.74) is 7.26. The number of nitrogens with one attached hydrogen (secondary N) is 1. The average molecular weight is 440 g/mol. The lowest BCUT2D eigenvalue weighted by Gasteiger charge is -2.10. The highest BCUT2D eigenvalue weighted by Gasteiger charge is 2.07. The molecule has 2 aromatic carbocycles. The summed E-state index contributed by atoms with van der Waals surface area (Å²) in [6.07, 6.45) is 1.59. The first-order valence-corrected chi connectivity index (χ1v) is 9.80. The number of amides is 1. The molecule has 0 fully saturated rings. The van der Waals surface area contributed by atoms with E-state index in [4.69, 9.17) is 4.74 Å². The van der Waals surface area contributed by atoms with Crippen molar-refractivity contribution in [3.05, 3.63) is 81.6 Å². The predicted molar refractivity (Wildman–Crippen MR) is 116 cm³/mol. The van der Waals surface area contributed by atoms with Crippen LogP contribution >= 0.6 is 15.9 Å². The van der Waals surface area contributed by atoms with Gasteiger partial charge in [-0.05, 0) is 75.4 Å². The summed E-state index contributed by atoms with van der Waals surface area (Å²) < 4.78 is 8.50. The third-order valence-corrected chi connectivity index (χ3v) is 5.03. The summed E-state index contributed by atoms with van der Waals surface area (Å²) in [7, 11) is 0. The summed E-state index contributed by atoms with van der Waals surface area (Å²) in [4.78, 5) is 12.4. The maximum Gasteiger partial charge on any atom is 0.271 e. The molecule has 0 aliphatic carbocycles. The SMILES string of the molecule is CCOc1ccc(Br)c(/C=N\NC(=O)c2ccc(-n3c(C)ccc3C)cc2)c1. The Morgan fingerprint density at radius 1 is 1.11 bits per heavy atom. The van der Waals surface area contributed by atoms with Crippen molar-refractivity contribution >= 4 is 28.1 Å². The van der Waals surface area contributed by atoms with Gasteiger partial charge in [0.15, 0.2) is 0 Å². The Balaban J connectivity index is 1.68. The monoisotopic (exact) mass is 439 g/mol. The molecule has 0 atom stereocenters. The van der Waals surface area contributed by atoms with Crippen molar-refractivity contribution in [3.8, 4) is 11.4 Å². The van der Waals surface area contributed by atoms with Crippen LogP contribution in [0, 0.1) is 13.8 Å². The van der Waals surface area contributed by atoms with Crippen molar-refractivity contribution in [2.24, 2.45) is 5.10 Å². The number of rotatable bonds is 6. The summed E-state index contributed by atoms with van der Waals surface area (Å²) in [5.74, 6) is 0.491. The number of hydrogen-bond acceptors (Lipinski definition) is 3. The van der Waals surface area contributed by atoms with E-state index in [-0.39, 0.29) is 5.91 Å². The van der Waals surface area contributed by atoms with Gasteiger partial charge >= 0.3 is 0 Å². The number of aromatic nitrogens is 1. The van der Waals surface area contributed by atoms with E-state index in [9.17, 15) is 4.79 Å². The van der Waals surface area contributed by atoms with E-state index in [1.165, 1.54) is 0 Å². The Bertz CT molecular complexity index is 988. The maximum absolute atomic E-state index is 12.4. The molecule has 1 aromatic heterocycles. The summed E-state index contributed by atoms with van der Waals surface area (Å²) in [6, 6.07) is 17.2. The van der Waals surface area contributed by atoms with Crippen molar-refractivity contribution in [1.82, 2.24) is 9.99 Å². The molecule has 0 spiro atoms. The third kappa shape index (κ3) is 4.51. The van der Waals surface area contributed by atoms with Crippen molar-refractivity contribution in [2.75, 3.05) is 6.61 Å². The molecule has 0 bridgehead atoms. The zero-order chi connectivity index (χ0) is 20.1. The maximum atomic E-state index is 12.4. The van der Waals surface area contributed by atoms with Crippen molar-refractivity contribution < 1.29 is 9.53 Å². The quantitative estimate of drug-likeness (QED) is 0.432. The summed E-state index contributed by atoms with van der Waals surface area (Å²) in [6.45, 7) is 6.63. The molecule has 0 saturated carbocycles. The summed E-state index contributed by atoms with van der Waals surface area (Å²) >= 11 is 3.47. The van der Waals surface area contributed by atoms with Crippen molar-refractivity contribution in [1.29, 1.82) is 0 Å². The van der Waals surface area contributed by atoms with Gasteiger partial charge in [-0.25, -0.2) is 5.43 Å². The number of halogens is 1. The second-order valence-corrected chi connectivity index (χ2v) is 7.17. The average Bonchev–Trinajstić information content (AvgIpc) is 3.03. The number of nitrogens with zero attached hydrogens (tertiary/aromatic N) is 2. The van der Waals surface area contributed by atoms with Gasteiger partial charge in [-0.15, -0.1) is 0 Å². The molecule has 1 amide bonds. The molecule has 1 N–H and O–H groups in total. The number of hydrogen-bond donors (Lipinski definition) is 1. The fraction of sp³-hybridized carbons (Fsp3) is 0.182. The first-order valence-electron chi connectivity index (χ1n) is 9.00. The number of benzene rings is 2. The molecule has 0 saturated heterocycles. The Morgan fingerprint density at radius 3 is 2.43 bits per heavy atom. The van der Waals surface area contributed by atoms with Gasteiger partial charge in [-0.2, -0.15) is 5.10 Å².